The van der Waals surface area contributed by atoms with Gasteiger partial charge in [-0.3, -0.25) is 4.79 Å². The Bertz CT molecular complexity index is 460. The molecule has 1 heterocycles. The average Bonchev–Trinajstić information content (AvgIpc) is 2.81. The first kappa shape index (κ1) is 15.8. The molecular formula is C16H23NO4. The SMILES string of the molecule is CCCC(=O)O[C@@H]1[C@@H](O)CN[C@@H]1Cc1ccc(OC)cc1. The van der Waals surface area contributed by atoms with Gasteiger partial charge < -0.3 is 19.9 Å². The van der Waals surface area contributed by atoms with Gasteiger partial charge in [0.25, 0.3) is 0 Å². The number of esters is 1. The molecule has 1 fully saturated rings. The monoisotopic (exact) mass is 293 g/mol. The lowest BCUT2D eigenvalue weighted by atomic mass is 10.0. The van der Waals surface area contributed by atoms with E-state index in [1.807, 2.05) is 31.2 Å². The zero-order chi connectivity index (χ0) is 15.2. The molecule has 116 valence electrons. The molecule has 1 aromatic rings. The molecule has 3 atom stereocenters. The number of nitrogens with one attached hydrogen (secondary N) is 1. The van der Waals surface area contributed by atoms with Crippen LogP contribution in [-0.4, -0.2) is 43.0 Å². The standard InChI is InChI=1S/C16H23NO4/c1-3-4-15(19)21-16-13(17-10-14(16)18)9-11-5-7-12(20-2)8-6-11/h5-8,13-14,16-18H,3-4,9-10H2,1-2H3/t13-,14+,16+/m1/s1. The second-order valence-corrected chi connectivity index (χ2v) is 5.34. The Morgan fingerprint density at radius 1 is 1.38 bits per heavy atom. The normalized spacial score (nSPS) is 24.8. The molecule has 2 N–H and O–H groups in total. The molecule has 2 rings (SSSR count). The van der Waals surface area contributed by atoms with Crippen LogP contribution in [-0.2, 0) is 16.0 Å². The van der Waals surface area contributed by atoms with Gasteiger partial charge in [0.15, 0.2) is 0 Å². The van der Waals surface area contributed by atoms with Crippen LogP contribution < -0.4 is 10.1 Å². The summed E-state index contributed by atoms with van der Waals surface area (Å²) in [5, 5.41) is 13.2. The molecule has 1 aliphatic rings. The fourth-order valence-corrected chi connectivity index (χ4v) is 2.55. The molecular weight excluding hydrogens is 270 g/mol. The van der Waals surface area contributed by atoms with Crippen LogP contribution in [0.1, 0.15) is 25.3 Å². The van der Waals surface area contributed by atoms with Crippen molar-refractivity contribution in [3.8, 4) is 5.75 Å². The second-order valence-electron chi connectivity index (χ2n) is 5.34. The quantitative estimate of drug-likeness (QED) is 0.773. The molecule has 5 nitrogen and oxygen atoms in total. The van der Waals surface area contributed by atoms with Crippen molar-refractivity contribution in [2.75, 3.05) is 13.7 Å². The summed E-state index contributed by atoms with van der Waals surface area (Å²) in [4.78, 5) is 11.6. The number of hydrogen-bond acceptors (Lipinski definition) is 5. The third-order valence-electron chi connectivity index (χ3n) is 3.70. The number of β-amino-alcohol motifs (C(OH)–C–C–N with tert-alkyl or cyclic N) is 1. The number of carbonyl (C=O) groups excluding carboxylic acids is 1. The van der Waals surface area contributed by atoms with Crippen molar-refractivity contribution in [2.45, 2.75) is 44.4 Å². The van der Waals surface area contributed by atoms with Crippen LogP contribution in [0.25, 0.3) is 0 Å². The highest BCUT2D eigenvalue weighted by Gasteiger charge is 2.37. The third-order valence-corrected chi connectivity index (χ3v) is 3.70. The highest BCUT2D eigenvalue weighted by molar-refractivity contribution is 5.69. The number of hydrogen-bond donors (Lipinski definition) is 2. The predicted octanol–water partition coefficient (Wildman–Crippen LogP) is 1.28. The van der Waals surface area contributed by atoms with E-state index in [9.17, 15) is 9.90 Å². The third kappa shape index (κ3) is 4.19. The number of carbonyl (C=O) groups is 1. The van der Waals surface area contributed by atoms with Gasteiger partial charge in [0.1, 0.15) is 18.0 Å². The van der Waals surface area contributed by atoms with Crippen LogP contribution in [0.3, 0.4) is 0 Å². The maximum absolute atomic E-state index is 11.6. The zero-order valence-electron chi connectivity index (χ0n) is 12.5. The molecule has 21 heavy (non-hydrogen) atoms. The van der Waals surface area contributed by atoms with E-state index in [0.29, 0.717) is 19.4 Å². The van der Waals surface area contributed by atoms with E-state index in [2.05, 4.69) is 5.32 Å². The van der Waals surface area contributed by atoms with Gasteiger partial charge in [0.05, 0.1) is 13.2 Å². The van der Waals surface area contributed by atoms with E-state index in [0.717, 1.165) is 17.7 Å². The fourth-order valence-electron chi connectivity index (χ4n) is 2.55. The second kappa shape index (κ2) is 7.43. The Kier molecular flexibility index (Phi) is 5.59. The predicted molar refractivity (Wildman–Crippen MR) is 79.3 cm³/mol. The van der Waals surface area contributed by atoms with Gasteiger partial charge in [0, 0.05) is 13.0 Å². The highest BCUT2D eigenvalue weighted by Crippen LogP contribution is 2.19. The van der Waals surface area contributed by atoms with Crippen molar-refractivity contribution < 1.29 is 19.4 Å². The van der Waals surface area contributed by atoms with Gasteiger partial charge in [-0.05, 0) is 30.5 Å². The fraction of sp³-hybridized carbons (Fsp3) is 0.562. The maximum atomic E-state index is 11.6. The molecule has 0 spiro atoms. The number of rotatable bonds is 6. The highest BCUT2D eigenvalue weighted by atomic mass is 16.6. The first-order valence-corrected chi connectivity index (χ1v) is 7.38. The van der Waals surface area contributed by atoms with Crippen molar-refractivity contribution in [1.29, 1.82) is 0 Å². The lowest BCUT2D eigenvalue weighted by Crippen LogP contribution is -2.38. The Balaban J connectivity index is 1.98. The van der Waals surface area contributed by atoms with Crippen molar-refractivity contribution in [1.82, 2.24) is 5.32 Å². The van der Waals surface area contributed by atoms with Crippen LogP contribution in [0.5, 0.6) is 5.75 Å². The van der Waals surface area contributed by atoms with Crippen molar-refractivity contribution in [3.63, 3.8) is 0 Å². The van der Waals surface area contributed by atoms with E-state index in [-0.39, 0.29) is 12.0 Å². The summed E-state index contributed by atoms with van der Waals surface area (Å²) in [7, 11) is 1.63. The van der Waals surface area contributed by atoms with Gasteiger partial charge in [0.2, 0.25) is 0 Å². The number of aliphatic hydroxyl groups is 1. The minimum Gasteiger partial charge on any atom is -0.497 e. The van der Waals surface area contributed by atoms with Crippen molar-refractivity contribution >= 4 is 5.97 Å². The molecule has 0 unspecified atom stereocenters. The summed E-state index contributed by atoms with van der Waals surface area (Å²) in [6.45, 7) is 2.38. The van der Waals surface area contributed by atoms with Crippen molar-refractivity contribution in [3.05, 3.63) is 29.8 Å². The molecule has 0 bridgehead atoms. The summed E-state index contributed by atoms with van der Waals surface area (Å²) >= 11 is 0. The summed E-state index contributed by atoms with van der Waals surface area (Å²) in [6.07, 6.45) is 0.710. The van der Waals surface area contributed by atoms with Crippen molar-refractivity contribution in [2.24, 2.45) is 0 Å². The minimum atomic E-state index is -0.644. The summed E-state index contributed by atoms with van der Waals surface area (Å²) in [5.41, 5.74) is 1.11. The Morgan fingerprint density at radius 2 is 2.10 bits per heavy atom. The summed E-state index contributed by atoms with van der Waals surface area (Å²) in [5.74, 6) is 0.564. The van der Waals surface area contributed by atoms with E-state index in [1.54, 1.807) is 7.11 Å². The number of ether oxygens (including phenoxy) is 2. The van der Waals surface area contributed by atoms with E-state index >= 15 is 0 Å². The summed E-state index contributed by atoms with van der Waals surface area (Å²) < 4.78 is 10.5. The lowest BCUT2D eigenvalue weighted by molar-refractivity contribution is -0.154. The van der Waals surface area contributed by atoms with Crippen LogP contribution >= 0.6 is 0 Å². The lowest BCUT2D eigenvalue weighted by Gasteiger charge is -2.22. The van der Waals surface area contributed by atoms with Crippen LogP contribution in [0.15, 0.2) is 24.3 Å². The molecule has 5 heteroatoms. The van der Waals surface area contributed by atoms with Gasteiger partial charge in [-0.25, -0.2) is 0 Å². The maximum Gasteiger partial charge on any atom is 0.306 e. The number of methoxy groups -OCH3 is 1. The Labute approximate surface area is 125 Å². The molecule has 0 aliphatic carbocycles. The molecule has 1 aromatic carbocycles. The number of benzene rings is 1. The average molecular weight is 293 g/mol. The van der Waals surface area contributed by atoms with Crippen LogP contribution in [0.4, 0.5) is 0 Å². The molecule has 0 aromatic heterocycles. The first-order valence-electron chi connectivity index (χ1n) is 7.38. The molecule has 1 aliphatic heterocycles. The van der Waals surface area contributed by atoms with Gasteiger partial charge >= 0.3 is 5.97 Å². The smallest absolute Gasteiger partial charge is 0.306 e. The van der Waals surface area contributed by atoms with E-state index in [1.165, 1.54) is 0 Å². The topological polar surface area (TPSA) is 67.8 Å². The zero-order valence-corrected chi connectivity index (χ0v) is 12.5. The van der Waals surface area contributed by atoms with Crippen LogP contribution in [0.2, 0.25) is 0 Å². The van der Waals surface area contributed by atoms with E-state index in [4.69, 9.17) is 9.47 Å². The van der Waals surface area contributed by atoms with E-state index < -0.39 is 12.2 Å². The van der Waals surface area contributed by atoms with Gasteiger partial charge in [-0.1, -0.05) is 19.1 Å². The molecule has 0 radical (unpaired) electrons. The van der Waals surface area contributed by atoms with Gasteiger partial charge in [-0.15, -0.1) is 0 Å². The van der Waals surface area contributed by atoms with Gasteiger partial charge in [-0.2, -0.15) is 0 Å². The first-order chi connectivity index (χ1) is 10.1. The minimum absolute atomic E-state index is 0.0609. The Hall–Kier alpha value is -1.59. The molecule has 0 saturated carbocycles. The largest absolute Gasteiger partial charge is 0.497 e. The summed E-state index contributed by atoms with van der Waals surface area (Å²) in [6, 6.07) is 7.71. The number of aliphatic hydroxyl groups excluding tert-OH is 1. The van der Waals surface area contributed by atoms with Crippen LogP contribution in [0, 0.1) is 0 Å². The molecule has 0 amide bonds. The molecule has 1 saturated heterocycles. The Morgan fingerprint density at radius 3 is 2.71 bits per heavy atom.